The molecule has 0 aliphatic carbocycles. The summed E-state index contributed by atoms with van der Waals surface area (Å²) < 4.78 is 0. The van der Waals surface area contributed by atoms with Gasteiger partial charge in [-0.25, -0.2) is 0 Å². The van der Waals surface area contributed by atoms with Crippen molar-refractivity contribution in [2.75, 3.05) is 0 Å². The van der Waals surface area contributed by atoms with Gasteiger partial charge in [0.05, 0.1) is 0 Å². The minimum Gasteiger partial charge on any atom is -0.144 e. The van der Waals surface area contributed by atoms with E-state index in [9.17, 15) is 0 Å². The number of rotatable bonds is 10. The van der Waals surface area contributed by atoms with E-state index in [0.717, 1.165) is 0 Å². The maximum Gasteiger partial charge on any atom is 0.0348 e. The topological polar surface area (TPSA) is 0 Å². The monoisotopic (exact) mass is 700 g/mol. The standard InChI is InChI=1S/C50H36S2/c1-3-11-41(12-4-1)47(49-17-9-33-51-49)35-39-23-19-37(20-24-39)27-29-43-31-32-44(46-16-8-7-15-45(43)46)30-28-38-21-25-40(26-22-38)36-48(50-18-10-34-52-50)42-13-5-2-6-14-42/h1-36H/b29-27-,30-28?,47-35-,48-36-. The van der Waals surface area contributed by atoms with Crippen LogP contribution in [0.25, 0.3) is 58.4 Å². The average Bonchev–Trinajstić information content (AvgIpc) is 3.95. The lowest BCUT2D eigenvalue weighted by Crippen LogP contribution is -1.85. The molecule has 0 aliphatic heterocycles. The minimum atomic E-state index is 1.17. The number of fused-ring (bicyclic) bond motifs is 1. The van der Waals surface area contributed by atoms with Gasteiger partial charge in [0.1, 0.15) is 0 Å². The van der Waals surface area contributed by atoms with Crippen LogP contribution in [0.2, 0.25) is 0 Å². The van der Waals surface area contributed by atoms with Crippen molar-refractivity contribution in [2.24, 2.45) is 0 Å². The highest BCUT2D eigenvalue weighted by molar-refractivity contribution is 7.11. The molecule has 0 N–H and O–H groups in total. The van der Waals surface area contributed by atoms with E-state index in [4.69, 9.17) is 0 Å². The first-order valence-corrected chi connectivity index (χ1v) is 19.2. The van der Waals surface area contributed by atoms with Crippen LogP contribution in [0.1, 0.15) is 54.3 Å². The molecule has 0 radical (unpaired) electrons. The summed E-state index contributed by atoms with van der Waals surface area (Å²) >= 11 is 3.55. The quantitative estimate of drug-likeness (QED) is 0.125. The summed E-state index contributed by atoms with van der Waals surface area (Å²) in [5.41, 5.74) is 12.1. The largest absolute Gasteiger partial charge is 0.144 e. The second-order valence-corrected chi connectivity index (χ2v) is 14.5. The Balaban J connectivity index is 1.00. The Morgan fingerprint density at radius 2 is 0.712 bits per heavy atom. The van der Waals surface area contributed by atoms with Crippen LogP contribution in [0, 0.1) is 0 Å². The fourth-order valence-corrected chi connectivity index (χ4v) is 7.97. The third-order valence-electron chi connectivity index (χ3n) is 9.14. The van der Waals surface area contributed by atoms with Crippen molar-refractivity contribution < 1.29 is 0 Å². The van der Waals surface area contributed by atoms with E-state index >= 15 is 0 Å². The summed E-state index contributed by atoms with van der Waals surface area (Å²) in [7, 11) is 0. The van der Waals surface area contributed by atoms with E-state index in [1.54, 1.807) is 22.7 Å². The molecule has 0 saturated heterocycles. The van der Waals surface area contributed by atoms with Gasteiger partial charge in [0.15, 0.2) is 0 Å². The molecule has 248 valence electrons. The number of hydrogen-bond donors (Lipinski definition) is 0. The third-order valence-corrected chi connectivity index (χ3v) is 10.9. The highest BCUT2D eigenvalue weighted by Crippen LogP contribution is 2.32. The van der Waals surface area contributed by atoms with Gasteiger partial charge in [-0.3, -0.25) is 0 Å². The van der Waals surface area contributed by atoms with Gasteiger partial charge in [-0.15, -0.1) is 22.7 Å². The minimum absolute atomic E-state index is 1.17. The van der Waals surface area contributed by atoms with Gasteiger partial charge in [-0.2, -0.15) is 0 Å². The molecule has 8 aromatic rings. The van der Waals surface area contributed by atoms with Crippen molar-refractivity contribution in [1.82, 2.24) is 0 Å². The Kier molecular flexibility index (Phi) is 10.1. The highest BCUT2D eigenvalue weighted by atomic mass is 32.1. The van der Waals surface area contributed by atoms with Crippen LogP contribution in [0.5, 0.6) is 0 Å². The molecule has 2 aromatic heterocycles. The molecule has 2 heteroatoms. The van der Waals surface area contributed by atoms with Crippen molar-refractivity contribution in [3.05, 3.63) is 235 Å². The Morgan fingerprint density at radius 3 is 1.10 bits per heavy atom. The molecule has 0 unspecified atom stereocenters. The molecule has 0 nitrogen and oxygen atoms in total. The van der Waals surface area contributed by atoms with E-state index < -0.39 is 0 Å². The second kappa shape index (κ2) is 15.9. The fraction of sp³-hybridized carbons (Fsp3) is 0. The van der Waals surface area contributed by atoms with Gasteiger partial charge in [-0.1, -0.05) is 182 Å². The molecular formula is C50H36S2. The predicted octanol–water partition coefficient (Wildman–Crippen LogP) is 14.5. The normalized spacial score (nSPS) is 12.3. The van der Waals surface area contributed by atoms with Crippen LogP contribution in [0.15, 0.2) is 181 Å². The van der Waals surface area contributed by atoms with Crippen molar-refractivity contribution in [3.63, 3.8) is 0 Å². The third kappa shape index (κ3) is 7.80. The van der Waals surface area contributed by atoms with Crippen LogP contribution in [0.3, 0.4) is 0 Å². The lowest BCUT2D eigenvalue weighted by atomic mass is 9.97. The van der Waals surface area contributed by atoms with Crippen LogP contribution < -0.4 is 0 Å². The zero-order chi connectivity index (χ0) is 35.0. The van der Waals surface area contributed by atoms with Crippen molar-refractivity contribution in [3.8, 4) is 0 Å². The Labute approximate surface area is 314 Å². The molecule has 0 amide bonds. The summed E-state index contributed by atoms with van der Waals surface area (Å²) in [6, 6.07) is 60.6. The van der Waals surface area contributed by atoms with Gasteiger partial charge in [0.2, 0.25) is 0 Å². The lowest BCUT2D eigenvalue weighted by Gasteiger charge is -2.08. The van der Waals surface area contributed by atoms with Gasteiger partial charge >= 0.3 is 0 Å². The maximum absolute atomic E-state index is 2.29. The maximum atomic E-state index is 2.29. The molecule has 52 heavy (non-hydrogen) atoms. The van der Waals surface area contributed by atoms with Gasteiger partial charge in [0, 0.05) is 9.75 Å². The first-order chi connectivity index (χ1) is 25.8. The van der Waals surface area contributed by atoms with Gasteiger partial charge in [0.25, 0.3) is 0 Å². The first kappa shape index (κ1) is 33.1. The van der Waals surface area contributed by atoms with Crippen LogP contribution in [-0.2, 0) is 0 Å². The highest BCUT2D eigenvalue weighted by Gasteiger charge is 2.08. The van der Waals surface area contributed by atoms with E-state index in [0.29, 0.717) is 0 Å². The van der Waals surface area contributed by atoms with E-state index in [1.807, 2.05) is 0 Å². The van der Waals surface area contributed by atoms with Crippen LogP contribution >= 0.6 is 22.7 Å². The smallest absolute Gasteiger partial charge is 0.0348 e. The second-order valence-electron chi connectivity index (χ2n) is 12.6. The summed E-state index contributed by atoms with van der Waals surface area (Å²) in [5, 5.41) is 6.76. The Bertz CT molecular complexity index is 2320. The summed E-state index contributed by atoms with van der Waals surface area (Å²) in [5.74, 6) is 0. The molecule has 0 atom stereocenters. The lowest BCUT2D eigenvalue weighted by molar-refractivity contribution is 1.59. The Hall–Kier alpha value is -6.06. The molecule has 0 spiro atoms. The van der Waals surface area contributed by atoms with Crippen molar-refractivity contribution >= 4 is 81.0 Å². The van der Waals surface area contributed by atoms with E-state index in [-0.39, 0.29) is 0 Å². The molecule has 0 saturated carbocycles. The molecule has 6 aromatic carbocycles. The number of thiophene rings is 2. The SMILES string of the molecule is C(=Cc1ccc(/C=C\c2ccc(/C=C(/c3ccccc3)c3cccs3)cc2)c2ccccc12)c1ccc(/C=C(/c2ccccc2)c2cccs2)cc1. The van der Waals surface area contributed by atoms with Crippen LogP contribution in [-0.4, -0.2) is 0 Å². The van der Waals surface area contributed by atoms with Gasteiger partial charge in [-0.05, 0) is 101 Å². The Morgan fingerprint density at radius 1 is 0.327 bits per heavy atom. The number of benzene rings is 6. The molecule has 0 aliphatic rings. The van der Waals surface area contributed by atoms with Gasteiger partial charge < -0.3 is 0 Å². The number of hydrogen-bond acceptors (Lipinski definition) is 2. The molecule has 0 fully saturated rings. The molecule has 8 rings (SSSR count). The predicted molar refractivity (Wildman–Crippen MR) is 230 cm³/mol. The first-order valence-electron chi connectivity index (χ1n) is 17.5. The fourth-order valence-electron chi connectivity index (χ4n) is 6.44. The van der Waals surface area contributed by atoms with Crippen LogP contribution in [0.4, 0.5) is 0 Å². The average molecular weight is 701 g/mol. The van der Waals surface area contributed by atoms with Crippen molar-refractivity contribution in [2.45, 2.75) is 0 Å². The summed E-state index contributed by atoms with van der Waals surface area (Å²) in [4.78, 5) is 2.54. The van der Waals surface area contributed by atoms with Crippen molar-refractivity contribution in [1.29, 1.82) is 0 Å². The summed E-state index contributed by atoms with van der Waals surface area (Å²) in [6.07, 6.45) is 13.4. The van der Waals surface area contributed by atoms with E-state index in [1.165, 1.54) is 76.2 Å². The summed E-state index contributed by atoms with van der Waals surface area (Å²) in [6.45, 7) is 0. The molecule has 0 bridgehead atoms. The van der Waals surface area contributed by atoms with E-state index in [2.05, 4.69) is 217 Å². The zero-order valence-corrected chi connectivity index (χ0v) is 30.2. The molecule has 2 heterocycles. The zero-order valence-electron chi connectivity index (χ0n) is 28.6. The molecular weight excluding hydrogens is 665 g/mol.